The van der Waals surface area contributed by atoms with Crippen LogP contribution in [-0.2, 0) is 11.3 Å². The summed E-state index contributed by atoms with van der Waals surface area (Å²) in [4.78, 5) is 30.4. The molecule has 2 aromatic heterocycles. The zero-order valence-electron chi connectivity index (χ0n) is 16.4. The SMILES string of the molecule is O=C1NC(=O)/C(=C/c2cc3cncc(-c4cccc(CN5CCCCC5)c4)c3o2)S1. The van der Waals surface area contributed by atoms with E-state index in [0.29, 0.717) is 10.7 Å². The van der Waals surface area contributed by atoms with E-state index in [4.69, 9.17) is 4.42 Å². The fraction of sp³-hybridized carbons (Fsp3) is 0.261. The number of furan rings is 1. The highest BCUT2D eigenvalue weighted by molar-refractivity contribution is 8.18. The van der Waals surface area contributed by atoms with Gasteiger partial charge in [-0.05, 0) is 61.0 Å². The third-order valence-corrected chi connectivity index (χ3v) is 6.26. The number of nitrogens with one attached hydrogen (secondary N) is 1. The van der Waals surface area contributed by atoms with Crippen LogP contribution in [0.1, 0.15) is 30.6 Å². The number of pyridine rings is 1. The lowest BCUT2D eigenvalue weighted by Crippen LogP contribution is -2.29. The number of benzene rings is 1. The summed E-state index contributed by atoms with van der Waals surface area (Å²) in [6.07, 6.45) is 9.03. The average Bonchev–Trinajstić information content (AvgIpc) is 3.30. The standard InChI is InChI=1S/C23H21N3O3S/c27-22-20(30-23(28)25-22)11-18-10-17-12-24-13-19(21(17)29-18)16-6-4-5-15(9-16)14-26-7-2-1-3-8-26/h4-6,9-13H,1-3,7-8,14H2,(H,25,27,28)/b20-11-. The second kappa shape index (κ2) is 8.08. The fourth-order valence-electron chi connectivity index (χ4n) is 4.02. The molecular weight excluding hydrogens is 398 g/mol. The monoisotopic (exact) mass is 419 g/mol. The van der Waals surface area contributed by atoms with E-state index < -0.39 is 5.91 Å². The first-order valence-electron chi connectivity index (χ1n) is 10.1. The van der Waals surface area contributed by atoms with Gasteiger partial charge in [-0.3, -0.25) is 24.8 Å². The van der Waals surface area contributed by atoms with Gasteiger partial charge in [-0.25, -0.2) is 0 Å². The second-order valence-corrected chi connectivity index (χ2v) is 8.66. The zero-order valence-corrected chi connectivity index (χ0v) is 17.2. The van der Waals surface area contributed by atoms with E-state index in [9.17, 15) is 9.59 Å². The molecule has 5 rings (SSSR count). The number of hydrogen-bond donors (Lipinski definition) is 1. The van der Waals surface area contributed by atoms with Crippen LogP contribution in [0, 0.1) is 0 Å². The van der Waals surface area contributed by atoms with Gasteiger partial charge >= 0.3 is 0 Å². The topological polar surface area (TPSA) is 75.4 Å². The highest BCUT2D eigenvalue weighted by Gasteiger charge is 2.25. The lowest BCUT2D eigenvalue weighted by molar-refractivity contribution is -0.115. The van der Waals surface area contributed by atoms with Crippen LogP contribution in [-0.4, -0.2) is 34.1 Å². The minimum atomic E-state index is -0.394. The van der Waals surface area contributed by atoms with Crippen molar-refractivity contribution >= 4 is 40.0 Å². The Morgan fingerprint density at radius 3 is 2.80 bits per heavy atom. The van der Waals surface area contributed by atoms with Gasteiger partial charge in [0.1, 0.15) is 11.3 Å². The number of hydrogen-bond acceptors (Lipinski definition) is 6. The minimum absolute atomic E-state index is 0.331. The van der Waals surface area contributed by atoms with Gasteiger partial charge in [-0.15, -0.1) is 0 Å². The summed E-state index contributed by atoms with van der Waals surface area (Å²) >= 11 is 0.879. The van der Waals surface area contributed by atoms with E-state index in [2.05, 4.69) is 39.5 Å². The quantitative estimate of drug-likeness (QED) is 0.612. The third kappa shape index (κ3) is 3.91. The maximum absolute atomic E-state index is 11.8. The van der Waals surface area contributed by atoms with Crippen LogP contribution < -0.4 is 5.32 Å². The van der Waals surface area contributed by atoms with Crippen LogP contribution in [0.15, 0.2) is 52.0 Å². The maximum atomic E-state index is 11.8. The summed E-state index contributed by atoms with van der Waals surface area (Å²) < 4.78 is 6.06. The number of fused-ring (bicyclic) bond motifs is 1. The van der Waals surface area contributed by atoms with Crippen molar-refractivity contribution in [3.05, 3.63) is 59.0 Å². The summed E-state index contributed by atoms with van der Waals surface area (Å²) in [5.74, 6) is 0.130. The van der Waals surface area contributed by atoms with Crippen molar-refractivity contribution < 1.29 is 14.0 Å². The second-order valence-electron chi connectivity index (χ2n) is 7.64. The molecular formula is C23H21N3O3S. The summed E-state index contributed by atoms with van der Waals surface area (Å²) in [6, 6.07) is 10.3. The lowest BCUT2D eigenvalue weighted by atomic mass is 10.0. The molecule has 0 bridgehead atoms. The molecule has 0 unspecified atom stereocenters. The Labute approximate surface area is 178 Å². The van der Waals surface area contributed by atoms with Crippen molar-refractivity contribution in [1.82, 2.24) is 15.2 Å². The summed E-state index contributed by atoms with van der Waals surface area (Å²) in [5, 5.41) is 2.75. The first-order valence-corrected chi connectivity index (χ1v) is 10.9. The number of rotatable bonds is 4. The number of amides is 2. The molecule has 1 N–H and O–H groups in total. The summed E-state index contributed by atoms with van der Waals surface area (Å²) in [5.41, 5.74) is 3.97. The third-order valence-electron chi connectivity index (χ3n) is 5.45. The van der Waals surface area contributed by atoms with E-state index in [1.807, 2.05) is 12.3 Å². The Kier molecular flexibility index (Phi) is 5.14. The van der Waals surface area contributed by atoms with E-state index in [-0.39, 0.29) is 5.24 Å². The van der Waals surface area contributed by atoms with Gasteiger partial charge in [-0.1, -0.05) is 24.6 Å². The Hall–Kier alpha value is -2.90. The van der Waals surface area contributed by atoms with Crippen LogP contribution in [0.3, 0.4) is 0 Å². The number of carbonyl (C=O) groups excluding carboxylic acids is 2. The number of aromatic nitrogens is 1. The van der Waals surface area contributed by atoms with Crippen LogP contribution in [0.4, 0.5) is 4.79 Å². The average molecular weight is 420 g/mol. The number of carbonyl (C=O) groups is 2. The van der Waals surface area contributed by atoms with E-state index in [1.165, 1.54) is 24.8 Å². The van der Waals surface area contributed by atoms with Crippen molar-refractivity contribution in [1.29, 1.82) is 0 Å². The van der Waals surface area contributed by atoms with Crippen molar-refractivity contribution in [3.63, 3.8) is 0 Å². The Balaban J connectivity index is 1.47. The number of piperidine rings is 1. The molecule has 152 valence electrons. The van der Waals surface area contributed by atoms with E-state index in [1.54, 1.807) is 12.3 Å². The van der Waals surface area contributed by atoms with Gasteiger partial charge in [0.05, 0.1) is 4.91 Å². The highest BCUT2D eigenvalue weighted by atomic mass is 32.2. The van der Waals surface area contributed by atoms with Crippen molar-refractivity contribution in [2.24, 2.45) is 0 Å². The molecule has 30 heavy (non-hydrogen) atoms. The van der Waals surface area contributed by atoms with Crippen LogP contribution in [0.2, 0.25) is 0 Å². The van der Waals surface area contributed by atoms with Gasteiger partial charge in [0.2, 0.25) is 0 Å². The summed E-state index contributed by atoms with van der Waals surface area (Å²) in [6.45, 7) is 3.27. The molecule has 7 heteroatoms. The Bertz CT molecular complexity index is 1160. The molecule has 1 aromatic carbocycles. The number of imide groups is 1. The first kappa shape index (κ1) is 19.1. The van der Waals surface area contributed by atoms with Crippen molar-refractivity contribution in [2.75, 3.05) is 13.1 Å². The molecule has 0 saturated carbocycles. The van der Waals surface area contributed by atoms with Crippen LogP contribution >= 0.6 is 11.8 Å². The molecule has 4 heterocycles. The predicted molar refractivity (Wildman–Crippen MR) is 118 cm³/mol. The minimum Gasteiger partial charge on any atom is -0.456 e. The van der Waals surface area contributed by atoms with E-state index in [0.717, 1.165) is 53.5 Å². The molecule has 0 aliphatic carbocycles. The smallest absolute Gasteiger partial charge is 0.290 e. The molecule has 3 aromatic rings. The highest BCUT2D eigenvalue weighted by Crippen LogP contribution is 2.33. The number of thioether (sulfide) groups is 1. The normalized spacial score (nSPS) is 19.0. The van der Waals surface area contributed by atoms with Gasteiger partial charge in [-0.2, -0.15) is 0 Å². The van der Waals surface area contributed by atoms with Crippen molar-refractivity contribution in [3.8, 4) is 11.1 Å². The van der Waals surface area contributed by atoms with Crippen molar-refractivity contribution in [2.45, 2.75) is 25.8 Å². The molecule has 6 nitrogen and oxygen atoms in total. The van der Waals surface area contributed by atoms with Gasteiger partial charge in [0.25, 0.3) is 11.1 Å². The van der Waals surface area contributed by atoms with Gasteiger partial charge in [0, 0.05) is 36.0 Å². The van der Waals surface area contributed by atoms with Crippen LogP contribution in [0.5, 0.6) is 0 Å². The largest absolute Gasteiger partial charge is 0.456 e. The molecule has 0 radical (unpaired) electrons. The Morgan fingerprint density at radius 1 is 1.13 bits per heavy atom. The maximum Gasteiger partial charge on any atom is 0.290 e. The molecule has 0 spiro atoms. The molecule has 2 aliphatic rings. The van der Waals surface area contributed by atoms with Gasteiger partial charge < -0.3 is 4.42 Å². The molecule has 2 fully saturated rings. The summed E-state index contributed by atoms with van der Waals surface area (Å²) in [7, 11) is 0. The lowest BCUT2D eigenvalue weighted by Gasteiger charge is -2.26. The van der Waals surface area contributed by atoms with Crippen LogP contribution in [0.25, 0.3) is 28.2 Å². The molecule has 0 atom stereocenters. The molecule has 2 amide bonds. The van der Waals surface area contributed by atoms with Gasteiger partial charge in [0.15, 0.2) is 0 Å². The number of nitrogens with zero attached hydrogens (tertiary/aromatic N) is 2. The molecule has 2 aliphatic heterocycles. The van der Waals surface area contributed by atoms with E-state index >= 15 is 0 Å². The molecule has 2 saturated heterocycles. The predicted octanol–water partition coefficient (Wildman–Crippen LogP) is 4.80. The zero-order chi connectivity index (χ0) is 20.5. The number of likely N-dealkylation sites (tertiary alicyclic amines) is 1. The first-order chi connectivity index (χ1) is 14.7. The Morgan fingerprint density at radius 2 is 2.00 bits per heavy atom. The fourth-order valence-corrected chi connectivity index (χ4v) is 4.68.